The molecule has 1 aromatic carbocycles. The number of hydrogen-bond acceptors (Lipinski definition) is 5. The summed E-state index contributed by atoms with van der Waals surface area (Å²) >= 11 is 0. The molecule has 0 heterocycles. The molecule has 0 saturated heterocycles. The van der Waals surface area contributed by atoms with Crippen molar-refractivity contribution in [3.05, 3.63) is 34.4 Å². The van der Waals surface area contributed by atoms with E-state index in [1.807, 2.05) is 13.8 Å². The minimum Gasteiger partial charge on any atom is -0.461 e. The molecule has 0 spiro atoms. The lowest BCUT2D eigenvalue weighted by Crippen LogP contribution is -2.42. The molecule has 1 N–H and O–H groups in total. The molecule has 0 bridgehead atoms. The van der Waals surface area contributed by atoms with Gasteiger partial charge in [-0.1, -0.05) is 53.2 Å². The molecule has 1 aliphatic rings. The van der Waals surface area contributed by atoms with Crippen LogP contribution in [0.4, 0.5) is 11.4 Å². The van der Waals surface area contributed by atoms with E-state index in [0.29, 0.717) is 23.4 Å². The van der Waals surface area contributed by atoms with Crippen LogP contribution in [-0.2, 0) is 9.53 Å². The maximum atomic E-state index is 13.0. The fraction of sp³-hybridized carbons (Fsp3) is 0.667. The number of ether oxygens (including phenoxy) is 1. The number of nitrogens with one attached hydrogen (secondary N) is 1. The Morgan fingerprint density at radius 2 is 1.89 bits per heavy atom. The summed E-state index contributed by atoms with van der Waals surface area (Å²) in [5.74, 6) is 0.974. The first kappa shape index (κ1) is 21.2. The van der Waals surface area contributed by atoms with E-state index in [1.54, 1.807) is 18.2 Å². The molecule has 2 rings (SSSR count). The highest BCUT2D eigenvalue weighted by molar-refractivity contribution is 5.81. The van der Waals surface area contributed by atoms with Crippen LogP contribution in [0.25, 0.3) is 0 Å². The average Bonchev–Trinajstić information content (AvgIpc) is 2.59. The number of anilines is 1. The molecule has 6 heteroatoms. The van der Waals surface area contributed by atoms with E-state index in [9.17, 15) is 14.9 Å². The van der Waals surface area contributed by atoms with Gasteiger partial charge in [0, 0.05) is 6.07 Å². The van der Waals surface area contributed by atoms with E-state index >= 15 is 0 Å². The maximum absolute atomic E-state index is 13.0. The van der Waals surface area contributed by atoms with Crippen molar-refractivity contribution in [2.24, 2.45) is 23.7 Å². The molecule has 6 nitrogen and oxygen atoms in total. The minimum atomic E-state index is -0.629. The van der Waals surface area contributed by atoms with E-state index in [2.05, 4.69) is 26.1 Å². The van der Waals surface area contributed by atoms with Gasteiger partial charge in [-0.2, -0.15) is 0 Å². The standard InChI is InChI=1S/C21H32N2O4/c1-13(2)16-11-10-15(5)12-19(16)27-21(24)20(14(3)4)22-17-8-6-7-9-18(17)23(25)26/h6-9,13-16,19-20,22H,10-12H2,1-5H3/t15?,16-,19?,20+/m0/s1. The van der Waals surface area contributed by atoms with E-state index < -0.39 is 11.0 Å². The number of carbonyl (C=O) groups excluding carboxylic acids is 1. The third kappa shape index (κ3) is 5.44. The Morgan fingerprint density at radius 3 is 2.48 bits per heavy atom. The zero-order valence-corrected chi connectivity index (χ0v) is 17.0. The summed E-state index contributed by atoms with van der Waals surface area (Å²) in [6.07, 6.45) is 3.03. The van der Waals surface area contributed by atoms with Crippen molar-refractivity contribution in [3.8, 4) is 0 Å². The second-order valence-corrected chi connectivity index (χ2v) is 8.44. The van der Waals surface area contributed by atoms with Crippen LogP contribution in [0.2, 0.25) is 0 Å². The molecule has 0 amide bonds. The lowest BCUT2D eigenvalue weighted by Gasteiger charge is -2.37. The van der Waals surface area contributed by atoms with Gasteiger partial charge in [0.15, 0.2) is 0 Å². The van der Waals surface area contributed by atoms with Crippen molar-refractivity contribution in [2.45, 2.75) is 66.0 Å². The lowest BCUT2D eigenvalue weighted by molar-refractivity contribution is -0.384. The van der Waals surface area contributed by atoms with Crippen LogP contribution in [-0.4, -0.2) is 23.0 Å². The van der Waals surface area contributed by atoms with Crippen LogP contribution in [0.5, 0.6) is 0 Å². The van der Waals surface area contributed by atoms with E-state index in [0.717, 1.165) is 12.8 Å². The van der Waals surface area contributed by atoms with Crippen molar-refractivity contribution in [1.82, 2.24) is 0 Å². The molecular formula is C21H32N2O4. The largest absolute Gasteiger partial charge is 0.461 e. The van der Waals surface area contributed by atoms with Gasteiger partial charge in [-0.05, 0) is 42.6 Å². The van der Waals surface area contributed by atoms with Crippen molar-refractivity contribution in [1.29, 1.82) is 0 Å². The van der Waals surface area contributed by atoms with Gasteiger partial charge in [0.05, 0.1) is 4.92 Å². The Balaban J connectivity index is 2.16. The van der Waals surface area contributed by atoms with Crippen LogP contribution in [0, 0.1) is 33.8 Å². The lowest BCUT2D eigenvalue weighted by atomic mass is 9.75. The number of hydrogen-bond donors (Lipinski definition) is 1. The van der Waals surface area contributed by atoms with Crippen LogP contribution < -0.4 is 5.32 Å². The fourth-order valence-corrected chi connectivity index (χ4v) is 3.89. The number of nitro benzene ring substituents is 1. The van der Waals surface area contributed by atoms with Gasteiger partial charge in [0.2, 0.25) is 0 Å². The zero-order valence-electron chi connectivity index (χ0n) is 17.0. The second kappa shape index (κ2) is 9.20. The van der Waals surface area contributed by atoms with E-state index in [4.69, 9.17) is 4.74 Å². The first-order valence-electron chi connectivity index (χ1n) is 9.91. The predicted octanol–water partition coefficient (Wildman–Crippen LogP) is 5.04. The summed E-state index contributed by atoms with van der Waals surface area (Å²) < 4.78 is 5.96. The molecule has 2 unspecified atom stereocenters. The molecule has 0 radical (unpaired) electrons. The number of esters is 1. The minimum absolute atomic E-state index is 0.0395. The van der Waals surface area contributed by atoms with Crippen LogP contribution in [0.15, 0.2) is 24.3 Å². The van der Waals surface area contributed by atoms with Gasteiger partial charge in [-0.25, -0.2) is 4.79 Å². The second-order valence-electron chi connectivity index (χ2n) is 8.44. The Bertz CT molecular complexity index is 659. The van der Waals surface area contributed by atoms with E-state index in [1.165, 1.54) is 12.5 Å². The molecule has 1 aromatic rings. The van der Waals surface area contributed by atoms with Gasteiger partial charge in [0.25, 0.3) is 5.69 Å². The van der Waals surface area contributed by atoms with Crippen LogP contribution in [0.3, 0.4) is 0 Å². The fourth-order valence-electron chi connectivity index (χ4n) is 3.89. The topological polar surface area (TPSA) is 81.5 Å². The Morgan fingerprint density at radius 1 is 1.22 bits per heavy atom. The predicted molar refractivity (Wildman–Crippen MR) is 107 cm³/mol. The summed E-state index contributed by atoms with van der Waals surface area (Å²) in [7, 11) is 0. The molecule has 150 valence electrons. The summed E-state index contributed by atoms with van der Waals surface area (Å²) in [6, 6.07) is 5.76. The molecule has 0 aromatic heterocycles. The number of rotatable bonds is 7. The highest BCUT2D eigenvalue weighted by Gasteiger charge is 2.36. The highest BCUT2D eigenvalue weighted by Crippen LogP contribution is 2.36. The number of carbonyl (C=O) groups is 1. The average molecular weight is 376 g/mol. The van der Waals surface area contributed by atoms with Gasteiger partial charge < -0.3 is 10.1 Å². The molecule has 4 atom stereocenters. The number of benzene rings is 1. The van der Waals surface area contributed by atoms with Crippen LogP contribution in [0.1, 0.15) is 53.9 Å². The Hall–Kier alpha value is -2.11. The summed E-state index contributed by atoms with van der Waals surface area (Å²) in [6.45, 7) is 10.4. The summed E-state index contributed by atoms with van der Waals surface area (Å²) in [5, 5.41) is 14.3. The van der Waals surface area contributed by atoms with Gasteiger partial charge in [-0.3, -0.25) is 10.1 Å². The molecule has 1 fully saturated rings. The number of nitro groups is 1. The molecule has 1 saturated carbocycles. The normalized spacial score (nSPS) is 23.9. The van der Waals surface area contributed by atoms with Crippen LogP contribution >= 0.6 is 0 Å². The number of para-hydroxylation sites is 2. The van der Waals surface area contributed by atoms with Gasteiger partial charge >= 0.3 is 5.97 Å². The molecular weight excluding hydrogens is 344 g/mol. The third-order valence-corrected chi connectivity index (χ3v) is 5.56. The Kier molecular flexibility index (Phi) is 7.22. The van der Waals surface area contributed by atoms with E-state index in [-0.39, 0.29) is 23.7 Å². The van der Waals surface area contributed by atoms with Crippen molar-refractivity contribution in [3.63, 3.8) is 0 Å². The first-order valence-corrected chi connectivity index (χ1v) is 9.91. The SMILES string of the molecule is CC1CC[C@@H](C(C)C)C(OC(=O)[C@H](Nc2ccccc2[N+](=O)[O-])C(C)C)C1. The van der Waals surface area contributed by atoms with Crippen molar-refractivity contribution in [2.75, 3.05) is 5.32 Å². The van der Waals surface area contributed by atoms with Crippen molar-refractivity contribution >= 4 is 17.3 Å². The molecule has 0 aliphatic heterocycles. The first-order chi connectivity index (χ1) is 12.7. The number of nitrogens with zero attached hydrogens (tertiary/aromatic N) is 1. The van der Waals surface area contributed by atoms with Gasteiger partial charge in [0.1, 0.15) is 17.8 Å². The van der Waals surface area contributed by atoms with Crippen molar-refractivity contribution < 1.29 is 14.5 Å². The maximum Gasteiger partial charge on any atom is 0.329 e. The molecule has 1 aliphatic carbocycles. The zero-order chi connectivity index (χ0) is 20.1. The smallest absolute Gasteiger partial charge is 0.329 e. The Labute approximate surface area is 161 Å². The highest BCUT2D eigenvalue weighted by atomic mass is 16.6. The monoisotopic (exact) mass is 376 g/mol. The third-order valence-electron chi connectivity index (χ3n) is 5.56. The quantitative estimate of drug-likeness (QED) is 0.410. The summed E-state index contributed by atoms with van der Waals surface area (Å²) in [4.78, 5) is 23.8. The molecule has 27 heavy (non-hydrogen) atoms. The van der Waals surface area contributed by atoms with Gasteiger partial charge in [-0.15, -0.1) is 0 Å². The summed E-state index contributed by atoms with van der Waals surface area (Å²) in [5.41, 5.74) is 0.304.